The van der Waals surface area contributed by atoms with Crippen LogP contribution in [0, 0.1) is 0 Å². The predicted molar refractivity (Wildman–Crippen MR) is 8.44 cm³/mol. The number of hydrogen-bond acceptors (Lipinski definition) is 4. The number of carboxylic acid groups (broad SMARTS) is 2. The SMILES string of the molecule is O=C([O-])[O-].[H+].[Mn+2].[OH-]. The molecule has 0 heterocycles. The van der Waals surface area contributed by atoms with Crippen LogP contribution in [0.3, 0.4) is 0 Å². The summed E-state index contributed by atoms with van der Waals surface area (Å²) in [5.74, 6) is 0. The molecule has 0 spiro atoms. The Morgan fingerprint density at radius 2 is 1.50 bits per heavy atom. The molecule has 0 aliphatic heterocycles. The van der Waals surface area contributed by atoms with Crippen molar-refractivity contribution >= 4 is 6.16 Å². The average Bonchev–Trinajstić information content (AvgIpc) is 0.811. The predicted octanol–water partition coefficient (Wildman–Crippen LogP) is -2.51. The van der Waals surface area contributed by atoms with Crippen molar-refractivity contribution in [2.75, 3.05) is 0 Å². The van der Waals surface area contributed by atoms with Gasteiger partial charge in [-0.3, -0.25) is 0 Å². The minimum atomic E-state index is -2.33. The summed E-state index contributed by atoms with van der Waals surface area (Å²) in [7, 11) is 0. The van der Waals surface area contributed by atoms with E-state index in [2.05, 4.69) is 0 Å². The van der Waals surface area contributed by atoms with Gasteiger partial charge in [-0.1, -0.05) is 0 Å². The summed E-state index contributed by atoms with van der Waals surface area (Å²) in [6.07, 6.45) is -2.33. The molecular formula is CH2MnO4. The van der Waals surface area contributed by atoms with Crippen LogP contribution in [0.15, 0.2) is 0 Å². The van der Waals surface area contributed by atoms with Crippen LogP contribution >= 0.6 is 0 Å². The Bertz CT molecular complexity index is 34.7. The van der Waals surface area contributed by atoms with Gasteiger partial charge in [-0.05, 0) is 6.16 Å². The Morgan fingerprint density at radius 3 is 1.50 bits per heavy atom. The van der Waals surface area contributed by atoms with Crippen molar-refractivity contribution in [1.82, 2.24) is 0 Å². The Balaban J connectivity index is -0.0000000150. The van der Waals surface area contributed by atoms with E-state index in [1.54, 1.807) is 0 Å². The maximum Gasteiger partial charge on any atom is 2.00 e. The van der Waals surface area contributed by atoms with E-state index in [4.69, 9.17) is 15.0 Å². The van der Waals surface area contributed by atoms with Gasteiger partial charge in [0.25, 0.3) is 0 Å². The van der Waals surface area contributed by atoms with E-state index in [9.17, 15) is 0 Å². The van der Waals surface area contributed by atoms with Crippen molar-refractivity contribution < 1.29 is 39.0 Å². The van der Waals surface area contributed by atoms with Gasteiger partial charge in [0.1, 0.15) is 0 Å². The molecule has 37 valence electrons. The first-order valence-electron chi connectivity index (χ1n) is 0.612. The van der Waals surface area contributed by atoms with Crippen molar-refractivity contribution in [1.29, 1.82) is 0 Å². The van der Waals surface area contributed by atoms with Gasteiger partial charge in [-0.2, -0.15) is 0 Å². The molecule has 0 aliphatic rings. The summed E-state index contributed by atoms with van der Waals surface area (Å²) < 4.78 is 0. The van der Waals surface area contributed by atoms with E-state index < -0.39 is 6.16 Å². The third kappa shape index (κ3) is 452. The zero-order chi connectivity index (χ0) is 3.58. The topological polar surface area (TPSA) is 93.2 Å². The van der Waals surface area contributed by atoms with Gasteiger partial charge in [0.2, 0.25) is 0 Å². The molecule has 0 saturated carbocycles. The quantitative estimate of drug-likeness (QED) is 0.341. The first-order valence-corrected chi connectivity index (χ1v) is 0.612. The van der Waals surface area contributed by atoms with Crippen molar-refractivity contribution in [3.8, 4) is 0 Å². The second-order valence-electron chi connectivity index (χ2n) is 0.250. The minimum absolute atomic E-state index is 0. The zero-order valence-corrected chi connectivity index (χ0v) is 3.73. The monoisotopic (exact) mass is 133 g/mol. The maximum atomic E-state index is 8.33. The van der Waals surface area contributed by atoms with E-state index >= 15 is 0 Å². The first-order chi connectivity index (χ1) is 1.73. The van der Waals surface area contributed by atoms with E-state index in [0.717, 1.165) is 0 Å². The molecule has 1 radical (unpaired) electrons. The normalized spacial score (nSPS) is 4.00. The number of carbonyl (C=O) groups excluding carboxylic acids is 1. The molecule has 0 amide bonds. The molecule has 1 N–H and O–H groups in total. The first kappa shape index (κ1) is 17.2. The molecule has 4 nitrogen and oxygen atoms in total. The molecule has 0 unspecified atom stereocenters. The fourth-order valence-corrected chi connectivity index (χ4v) is 0. The van der Waals surface area contributed by atoms with Crippen molar-refractivity contribution in [2.45, 2.75) is 0 Å². The molecule has 0 fully saturated rings. The Hall–Kier alpha value is -0.251. The fourth-order valence-electron chi connectivity index (χ4n) is 0. The van der Waals surface area contributed by atoms with Crippen LogP contribution in [0.5, 0.6) is 0 Å². The molecule has 0 saturated heterocycles. The molecule has 0 aliphatic carbocycles. The van der Waals surface area contributed by atoms with Gasteiger partial charge in [-0.25, -0.2) is 0 Å². The third-order valence-corrected chi connectivity index (χ3v) is 0. The smallest absolute Gasteiger partial charge is 0.870 e. The summed E-state index contributed by atoms with van der Waals surface area (Å²) in [5, 5.41) is 16.7. The van der Waals surface area contributed by atoms with Gasteiger partial charge < -0.3 is 20.5 Å². The number of rotatable bonds is 0. The van der Waals surface area contributed by atoms with E-state index in [1.807, 2.05) is 0 Å². The summed E-state index contributed by atoms with van der Waals surface area (Å²) in [4.78, 5) is 8.33. The second-order valence-corrected chi connectivity index (χ2v) is 0.250. The summed E-state index contributed by atoms with van der Waals surface area (Å²) >= 11 is 0. The van der Waals surface area contributed by atoms with E-state index in [0.29, 0.717) is 0 Å². The Morgan fingerprint density at radius 1 is 1.50 bits per heavy atom. The summed E-state index contributed by atoms with van der Waals surface area (Å²) in [5.41, 5.74) is 0. The van der Waals surface area contributed by atoms with Crippen LogP contribution in [0.25, 0.3) is 0 Å². The van der Waals surface area contributed by atoms with Crippen molar-refractivity contribution in [3.05, 3.63) is 0 Å². The molecule has 0 aromatic carbocycles. The average molecular weight is 133 g/mol. The van der Waals surface area contributed by atoms with Crippen LogP contribution in [0.4, 0.5) is 4.79 Å². The second kappa shape index (κ2) is 8.83. The van der Waals surface area contributed by atoms with Crippen molar-refractivity contribution in [3.63, 3.8) is 0 Å². The molecule has 0 atom stereocenters. The van der Waals surface area contributed by atoms with Crippen LogP contribution < -0.4 is 10.2 Å². The van der Waals surface area contributed by atoms with Crippen LogP contribution in [-0.4, -0.2) is 11.6 Å². The zero-order valence-electron chi connectivity index (χ0n) is 3.55. The fraction of sp³-hybridized carbons (Fsp3) is 0. The van der Waals surface area contributed by atoms with Gasteiger partial charge in [0, 0.05) is 0 Å². The van der Waals surface area contributed by atoms with Crippen LogP contribution in [-0.2, 0) is 17.1 Å². The van der Waals surface area contributed by atoms with Gasteiger partial charge >= 0.3 is 18.5 Å². The van der Waals surface area contributed by atoms with Crippen LogP contribution in [0.1, 0.15) is 1.43 Å². The molecule has 6 heavy (non-hydrogen) atoms. The maximum absolute atomic E-state index is 8.33. The van der Waals surface area contributed by atoms with Crippen molar-refractivity contribution in [2.24, 2.45) is 0 Å². The molecule has 0 bridgehead atoms. The summed E-state index contributed by atoms with van der Waals surface area (Å²) in [6, 6.07) is 0. The molecule has 0 aromatic heterocycles. The molecule has 0 aromatic rings. The number of hydrogen-bond donors (Lipinski definition) is 0. The number of carbonyl (C=O) groups is 1. The Labute approximate surface area is 46.1 Å². The van der Waals surface area contributed by atoms with Gasteiger partial charge in [0.15, 0.2) is 0 Å². The standard InChI is InChI=1S/CH2O3.Mn.H2O/c2-1(3)4;;/h(H2,2,3,4);;1H2/q;+2;/p-2. The van der Waals surface area contributed by atoms with Crippen LogP contribution in [0.2, 0.25) is 0 Å². The van der Waals surface area contributed by atoms with E-state index in [-0.39, 0.29) is 24.0 Å². The molecular weight excluding hydrogens is 131 g/mol. The largest absolute Gasteiger partial charge is 2.00 e. The molecule has 0 rings (SSSR count). The van der Waals surface area contributed by atoms with Gasteiger partial charge in [-0.15, -0.1) is 0 Å². The van der Waals surface area contributed by atoms with Gasteiger partial charge in [0.05, 0.1) is 0 Å². The van der Waals surface area contributed by atoms with E-state index in [1.165, 1.54) is 0 Å². The molecule has 5 heteroatoms. The third-order valence-electron chi connectivity index (χ3n) is 0. The summed E-state index contributed by atoms with van der Waals surface area (Å²) in [6.45, 7) is 0. The minimum Gasteiger partial charge on any atom is -0.870 e. The Kier molecular flexibility index (Phi) is 25.3.